The van der Waals surface area contributed by atoms with Gasteiger partial charge in [0.25, 0.3) is 12.3 Å². The molecule has 1 N–H and O–H groups in total. The molecule has 0 spiro atoms. The van der Waals surface area contributed by atoms with Gasteiger partial charge in [-0.15, -0.1) is 0 Å². The molecular formula is C12H15ClF2N2O. The zero-order valence-electron chi connectivity index (χ0n) is 10.4. The number of nitrogens with zero attached hydrogens (tertiary/aromatic N) is 1. The Bertz CT molecular complexity index is 444. The van der Waals surface area contributed by atoms with Gasteiger partial charge in [0.2, 0.25) is 0 Å². The highest BCUT2D eigenvalue weighted by Crippen LogP contribution is 2.23. The SMILES string of the molecule is CC(C)(C)c1cc(C(=O)NCC(F)F)cc(Cl)n1. The van der Waals surface area contributed by atoms with Crippen LogP contribution in [0.4, 0.5) is 8.78 Å². The summed E-state index contributed by atoms with van der Waals surface area (Å²) in [6.45, 7) is 5.09. The molecule has 0 aromatic carbocycles. The van der Waals surface area contributed by atoms with E-state index in [2.05, 4.69) is 10.3 Å². The third-order valence-electron chi connectivity index (χ3n) is 2.24. The molecule has 1 rings (SSSR count). The Morgan fingerprint density at radius 3 is 2.56 bits per heavy atom. The number of aromatic nitrogens is 1. The number of amides is 1. The van der Waals surface area contributed by atoms with E-state index in [1.807, 2.05) is 20.8 Å². The third kappa shape index (κ3) is 4.22. The number of halogens is 3. The Hall–Kier alpha value is -1.23. The first kappa shape index (κ1) is 14.8. The number of hydrogen-bond donors (Lipinski definition) is 1. The van der Waals surface area contributed by atoms with Crippen molar-refractivity contribution in [2.24, 2.45) is 0 Å². The lowest BCUT2D eigenvalue weighted by molar-refractivity contribution is 0.0891. The normalized spacial score (nSPS) is 11.7. The van der Waals surface area contributed by atoms with Gasteiger partial charge in [-0.25, -0.2) is 13.8 Å². The lowest BCUT2D eigenvalue weighted by Gasteiger charge is -2.18. The predicted octanol–water partition coefficient (Wildman–Crippen LogP) is 3.03. The van der Waals surface area contributed by atoms with Crippen molar-refractivity contribution < 1.29 is 13.6 Å². The largest absolute Gasteiger partial charge is 0.346 e. The minimum absolute atomic E-state index is 0.171. The molecule has 0 unspecified atom stereocenters. The van der Waals surface area contributed by atoms with E-state index in [4.69, 9.17) is 11.6 Å². The van der Waals surface area contributed by atoms with Gasteiger partial charge in [-0.2, -0.15) is 0 Å². The summed E-state index contributed by atoms with van der Waals surface area (Å²) in [7, 11) is 0. The van der Waals surface area contributed by atoms with Crippen LogP contribution in [0.3, 0.4) is 0 Å². The maximum Gasteiger partial charge on any atom is 0.255 e. The third-order valence-corrected chi connectivity index (χ3v) is 2.44. The summed E-state index contributed by atoms with van der Waals surface area (Å²) in [6, 6.07) is 2.92. The summed E-state index contributed by atoms with van der Waals surface area (Å²) in [5, 5.41) is 2.30. The van der Waals surface area contributed by atoms with Crippen molar-refractivity contribution in [1.29, 1.82) is 0 Å². The molecule has 1 heterocycles. The van der Waals surface area contributed by atoms with Crippen LogP contribution in [0.5, 0.6) is 0 Å². The molecule has 0 aliphatic carbocycles. The van der Waals surface area contributed by atoms with Gasteiger partial charge in [0.15, 0.2) is 0 Å². The second-order valence-electron chi connectivity index (χ2n) is 4.91. The first-order valence-electron chi connectivity index (χ1n) is 5.44. The van der Waals surface area contributed by atoms with Crippen LogP contribution in [0.15, 0.2) is 12.1 Å². The van der Waals surface area contributed by atoms with Gasteiger partial charge in [-0.1, -0.05) is 32.4 Å². The monoisotopic (exact) mass is 276 g/mol. The van der Waals surface area contributed by atoms with Crippen LogP contribution < -0.4 is 5.32 Å². The second-order valence-corrected chi connectivity index (χ2v) is 5.30. The number of nitrogens with one attached hydrogen (secondary N) is 1. The fraction of sp³-hybridized carbons (Fsp3) is 0.500. The van der Waals surface area contributed by atoms with Crippen molar-refractivity contribution in [2.45, 2.75) is 32.6 Å². The van der Waals surface area contributed by atoms with Crippen LogP contribution >= 0.6 is 11.6 Å². The summed E-state index contributed by atoms with van der Waals surface area (Å²) in [4.78, 5) is 15.8. The Labute approximate surface area is 110 Å². The molecule has 0 saturated heterocycles. The highest BCUT2D eigenvalue weighted by atomic mass is 35.5. The minimum Gasteiger partial charge on any atom is -0.346 e. The van der Waals surface area contributed by atoms with Crippen LogP contribution in [0.25, 0.3) is 0 Å². The molecule has 1 aromatic heterocycles. The van der Waals surface area contributed by atoms with E-state index in [0.717, 1.165) is 0 Å². The summed E-state index contributed by atoms with van der Waals surface area (Å²) >= 11 is 5.82. The van der Waals surface area contributed by atoms with E-state index >= 15 is 0 Å². The zero-order valence-corrected chi connectivity index (χ0v) is 11.2. The molecule has 6 heteroatoms. The smallest absolute Gasteiger partial charge is 0.255 e. The molecule has 0 aliphatic heterocycles. The standard InChI is InChI=1S/C12H15ClF2N2O/c1-12(2,3)8-4-7(5-9(13)17-8)11(18)16-6-10(14)15/h4-5,10H,6H2,1-3H3,(H,16,18). The Kier molecular flexibility index (Phi) is 4.62. The van der Waals surface area contributed by atoms with Crippen LogP contribution in [0.2, 0.25) is 5.15 Å². The minimum atomic E-state index is -2.58. The average molecular weight is 277 g/mol. The molecule has 1 aromatic rings. The van der Waals surface area contributed by atoms with Crippen LogP contribution in [-0.4, -0.2) is 23.9 Å². The van der Waals surface area contributed by atoms with Crippen molar-refractivity contribution in [2.75, 3.05) is 6.54 Å². The Morgan fingerprint density at radius 2 is 2.06 bits per heavy atom. The van der Waals surface area contributed by atoms with Gasteiger partial charge in [0.1, 0.15) is 5.15 Å². The van der Waals surface area contributed by atoms with Crippen molar-refractivity contribution in [3.05, 3.63) is 28.5 Å². The molecule has 0 bridgehead atoms. The molecule has 0 saturated carbocycles. The van der Waals surface area contributed by atoms with Crippen molar-refractivity contribution >= 4 is 17.5 Å². The molecule has 1 amide bonds. The second kappa shape index (κ2) is 5.61. The lowest BCUT2D eigenvalue weighted by atomic mass is 9.91. The topological polar surface area (TPSA) is 42.0 Å². The van der Waals surface area contributed by atoms with Gasteiger partial charge in [0, 0.05) is 16.7 Å². The van der Waals surface area contributed by atoms with Crippen LogP contribution in [0.1, 0.15) is 36.8 Å². The number of carbonyl (C=O) groups excluding carboxylic acids is 1. The number of rotatable bonds is 3. The number of carbonyl (C=O) groups is 1. The van der Waals surface area contributed by atoms with E-state index in [0.29, 0.717) is 5.69 Å². The van der Waals surface area contributed by atoms with Crippen LogP contribution in [-0.2, 0) is 5.41 Å². The fourth-order valence-corrected chi connectivity index (χ4v) is 1.49. The highest BCUT2D eigenvalue weighted by molar-refractivity contribution is 6.29. The van der Waals surface area contributed by atoms with Gasteiger partial charge >= 0.3 is 0 Å². The van der Waals surface area contributed by atoms with Gasteiger partial charge in [-0.3, -0.25) is 4.79 Å². The molecule has 0 aliphatic rings. The summed E-state index contributed by atoms with van der Waals surface area (Å²) in [6.07, 6.45) is -2.58. The van der Waals surface area contributed by atoms with E-state index in [-0.39, 0.29) is 16.1 Å². The van der Waals surface area contributed by atoms with E-state index in [1.54, 1.807) is 6.07 Å². The molecular weight excluding hydrogens is 262 g/mol. The van der Waals surface area contributed by atoms with Crippen molar-refractivity contribution in [3.8, 4) is 0 Å². The Balaban J connectivity index is 2.96. The molecule has 0 fully saturated rings. The number of pyridine rings is 1. The number of alkyl halides is 2. The van der Waals surface area contributed by atoms with Crippen LogP contribution in [0, 0.1) is 0 Å². The van der Waals surface area contributed by atoms with Gasteiger partial charge in [0.05, 0.1) is 6.54 Å². The number of hydrogen-bond acceptors (Lipinski definition) is 2. The molecule has 100 valence electrons. The van der Waals surface area contributed by atoms with Crippen molar-refractivity contribution in [3.63, 3.8) is 0 Å². The summed E-state index contributed by atoms with van der Waals surface area (Å²) < 4.78 is 24.0. The summed E-state index contributed by atoms with van der Waals surface area (Å²) in [5.74, 6) is -0.579. The first-order valence-corrected chi connectivity index (χ1v) is 5.82. The highest BCUT2D eigenvalue weighted by Gasteiger charge is 2.19. The fourth-order valence-electron chi connectivity index (χ4n) is 1.28. The average Bonchev–Trinajstić information content (AvgIpc) is 2.23. The lowest BCUT2D eigenvalue weighted by Crippen LogP contribution is -2.29. The van der Waals surface area contributed by atoms with E-state index in [1.165, 1.54) is 6.07 Å². The maximum absolute atomic E-state index is 12.0. The first-order chi connectivity index (χ1) is 8.20. The summed E-state index contributed by atoms with van der Waals surface area (Å²) in [5.41, 5.74) is 0.598. The van der Waals surface area contributed by atoms with E-state index in [9.17, 15) is 13.6 Å². The molecule has 18 heavy (non-hydrogen) atoms. The van der Waals surface area contributed by atoms with E-state index < -0.39 is 18.9 Å². The predicted molar refractivity (Wildman–Crippen MR) is 66.3 cm³/mol. The quantitative estimate of drug-likeness (QED) is 0.862. The van der Waals surface area contributed by atoms with Gasteiger partial charge < -0.3 is 5.32 Å². The molecule has 3 nitrogen and oxygen atoms in total. The zero-order chi connectivity index (χ0) is 13.9. The maximum atomic E-state index is 12.0. The molecule has 0 atom stereocenters. The van der Waals surface area contributed by atoms with Crippen molar-refractivity contribution in [1.82, 2.24) is 10.3 Å². The molecule has 0 radical (unpaired) electrons. The Morgan fingerprint density at radius 1 is 1.44 bits per heavy atom. The van der Waals surface area contributed by atoms with Gasteiger partial charge in [-0.05, 0) is 12.1 Å².